The number of phenols is 1. The lowest BCUT2D eigenvalue weighted by atomic mass is 10.1. The zero-order chi connectivity index (χ0) is 47.0. The summed E-state index contributed by atoms with van der Waals surface area (Å²) >= 11 is 0. The number of unbranched alkanes of at least 4 members (excludes halogenated alkanes) is 5. The molecule has 16 nitrogen and oxygen atoms in total. The molecule has 0 aromatic heterocycles. The number of likely N-dealkylation sites (tertiary alicyclic amines) is 1. The van der Waals surface area contributed by atoms with E-state index >= 15 is 0 Å². The van der Waals surface area contributed by atoms with Crippen molar-refractivity contribution >= 4 is 46.9 Å². The topological polar surface area (TPSA) is 221 Å². The minimum absolute atomic E-state index is 0.0164. The number of allylic oxidation sites excluding steroid dienone is 1. The number of hydrogen-bond acceptors (Lipinski definition) is 11. The zero-order valence-corrected chi connectivity index (χ0v) is 37.8. The van der Waals surface area contributed by atoms with Gasteiger partial charge in [0.15, 0.2) is 12.4 Å². The van der Waals surface area contributed by atoms with Crippen molar-refractivity contribution < 1.29 is 43.4 Å². The number of piperazine rings is 1. The second kappa shape index (κ2) is 24.0. The summed E-state index contributed by atoms with van der Waals surface area (Å²) in [5.74, 6) is -2.65. The number of nitrogens with one attached hydrogen (secondary N) is 3. The number of aromatic hydroxyl groups is 1. The normalized spacial score (nSPS) is 16.7. The minimum atomic E-state index is -1.06. The average Bonchev–Trinajstić information content (AvgIpc) is 3.99. The number of carbonyl (C=O) groups excluding carboxylic acids is 7. The minimum Gasteiger partial charge on any atom is -0.507 e. The van der Waals surface area contributed by atoms with Crippen LogP contribution in [0.15, 0.2) is 79.0 Å². The fraction of sp³-hybridized carbons (Fsp3) is 0.460. The van der Waals surface area contributed by atoms with E-state index in [1.807, 2.05) is 19.2 Å². The molecule has 1 unspecified atom stereocenters. The van der Waals surface area contributed by atoms with Gasteiger partial charge in [-0.15, -0.1) is 0 Å². The van der Waals surface area contributed by atoms with Gasteiger partial charge in [0.2, 0.25) is 17.7 Å². The Bertz CT molecular complexity index is 2260. The maximum absolute atomic E-state index is 13.2. The molecular weight excluding hydrogens is 843 g/mol. The first-order valence-corrected chi connectivity index (χ1v) is 23.3. The third-order valence-electron chi connectivity index (χ3n) is 12.4. The van der Waals surface area contributed by atoms with Crippen LogP contribution in [0.5, 0.6) is 11.5 Å². The lowest BCUT2D eigenvalue weighted by Crippen LogP contribution is -2.47. The van der Waals surface area contributed by atoms with Gasteiger partial charge in [0.05, 0.1) is 16.7 Å². The number of nitrogens with zero attached hydrogens (tertiary/aromatic N) is 3. The first-order valence-electron chi connectivity index (χ1n) is 23.3. The van der Waals surface area contributed by atoms with Crippen LogP contribution in [-0.4, -0.2) is 114 Å². The van der Waals surface area contributed by atoms with Gasteiger partial charge in [0.25, 0.3) is 17.7 Å². The van der Waals surface area contributed by atoms with Gasteiger partial charge in [-0.3, -0.25) is 38.5 Å². The Morgan fingerprint density at radius 2 is 1.47 bits per heavy atom. The Morgan fingerprint density at radius 3 is 2.15 bits per heavy atom. The predicted octanol–water partition coefficient (Wildman–Crippen LogP) is 4.78. The molecule has 66 heavy (non-hydrogen) atoms. The monoisotopic (exact) mass is 905 g/mol. The van der Waals surface area contributed by atoms with E-state index in [1.54, 1.807) is 24.3 Å². The molecule has 3 aliphatic heterocycles. The van der Waals surface area contributed by atoms with Gasteiger partial charge in [-0.25, -0.2) is 0 Å². The van der Waals surface area contributed by atoms with Gasteiger partial charge in [0.1, 0.15) is 17.5 Å². The molecule has 3 aromatic carbocycles. The number of primary amides is 1. The van der Waals surface area contributed by atoms with Gasteiger partial charge in [-0.1, -0.05) is 69.4 Å². The van der Waals surface area contributed by atoms with Crippen LogP contribution in [0.25, 0.3) is 0 Å². The van der Waals surface area contributed by atoms with Crippen molar-refractivity contribution in [2.24, 2.45) is 5.73 Å². The molecule has 2 fully saturated rings. The van der Waals surface area contributed by atoms with Gasteiger partial charge in [-0.2, -0.15) is 0 Å². The van der Waals surface area contributed by atoms with Gasteiger partial charge >= 0.3 is 0 Å². The molecule has 6 rings (SSSR count). The van der Waals surface area contributed by atoms with E-state index in [-0.39, 0.29) is 65.6 Å². The maximum atomic E-state index is 13.2. The number of ketones is 1. The van der Waals surface area contributed by atoms with Gasteiger partial charge < -0.3 is 41.3 Å². The van der Waals surface area contributed by atoms with E-state index in [2.05, 4.69) is 43.9 Å². The molecule has 16 heteroatoms. The first kappa shape index (κ1) is 48.7. The Labute approximate surface area is 386 Å². The summed E-state index contributed by atoms with van der Waals surface area (Å²) in [4.78, 5) is 93.5. The Balaban J connectivity index is 0.752. The number of benzene rings is 3. The summed E-state index contributed by atoms with van der Waals surface area (Å²) in [5, 5.41) is 18.7. The van der Waals surface area contributed by atoms with Crippen molar-refractivity contribution in [2.45, 2.75) is 109 Å². The van der Waals surface area contributed by atoms with Crippen LogP contribution in [0.2, 0.25) is 0 Å². The number of hydrogen-bond donors (Lipinski definition) is 5. The Kier molecular flexibility index (Phi) is 17.7. The lowest BCUT2D eigenvalue weighted by Gasteiger charge is -2.35. The summed E-state index contributed by atoms with van der Waals surface area (Å²) in [7, 11) is 0. The van der Waals surface area contributed by atoms with Crippen LogP contribution in [0, 0.1) is 0 Å². The van der Waals surface area contributed by atoms with E-state index in [0.29, 0.717) is 63.0 Å². The second-order valence-corrected chi connectivity index (χ2v) is 17.2. The van der Waals surface area contributed by atoms with Crippen LogP contribution in [-0.2, 0) is 25.6 Å². The van der Waals surface area contributed by atoms with Crippen molar-refractivity contribution in [3.05, 3.63) is 101 Å². The van der Waals surface area contributed by atoms with Gasteiger partial charge in [-0.05, 0) is 80.5 Å². The molecule has 2 saturated heterocycles. The van der Waals surface area contributed by atoms with Crippen molar-refractivity contribution in [1.82, 2.24) is 25.8 Å². The molecule has 0 saturated carbocycles. The summed E-state index contributed by atoms with van der Waals surface area (Å²) in [6.45, 7) is 4.74. The highest BCUT2D eigenvalue weighted by Gasteiger charge is 2.44. The number of imide groups is 1. The fourth-order valence-electron chi connectivity index (χ4n) is 8.91. The number of amides is 6. The summed E-state index contributed by atoms with van der Waals surface area (Å²) in [6, 6.07) is 19.1. The molecule has 0 radical (unpaired) electrons. The largest absolute Gasteiger partial charge is 0.507 e. The second-order valence-electron chi connectivity index (χ2n) is 17.2. The van der Waals surface area contributed by atoms with Crippen molar-refractivity contribution in [1.29, 1.82) is 0 Å². The van der Waals surface area contributed by atoms with E-state index in [4.69, 9.17) is 10.5 Å². The van der Waals surface area contributed by atoms with Crippen LogP contribution < -0.4 is 31.3 Å². The standard InChI is InChI=1S/C50H63N7O9/c1-2-14-40(48(51)63)57-49(64)39-18-12-20-43(47(39)50(57)65)66-33-46(62)53-26-10-6-4-3-5-9-25-52-44(60)21-13-22-45(61)54-27-23-34-15-11-16-35(29-34)56-32-36-30-37(56)31-55(36)28-24-42(59)38-17-7-8-19-41(38)58/h7-8,11-12,15-20,24,28-29,36-37,40,58H,2-6,9-10,13-14,21-23,25-27,30-33H2,1H3,(H2,51,63)(H,52,60)(H,53,62)(H,54,61)/b28-24+/t36-,37-,40?/m1/s1. The molecule has 6 amide bonds. The number of phenolic OH excluding ortho intramolecular Hbond substituents is 1. The number of anilines is 1. The summed E-state index contributed by atoms with van der Waals surface area (Å²) in [6.07, 6.45) is 12.5. The van der Waals surface area contributed by atoms with Crippen LogP contribution in [0.1, 0.15) is 121 Å². The van der Waals surface area contributed by atoms with E-state index in [0.717, 1.165) is 74.2 Å². The van der Waals surface area contributed by atoms with Crippen molar-refractivity contribution in [3.8, 4) is 11.5 Å². The number of carbonyl (C=O) groups is 7. The zero-order valence-electron chi connectivity index (χ0n) is 37.8. The number of nitrogens with two attached hydrogens (primary N) is 1. The lowest BCUT2D eigenvalue weighted by molar-refractivity contribution is -0.123. The van der Waals surface area contributed by atoms with E-state index < -0.39 is 23.8 Å². The summed E-state index contributed by atoms with van der Waals surface area (Å²) in [5.41, 5.74) is 8.21. The fourth-order valence-corrected chi connectivity index (χ4v) is 8.91. The molecular formula is C50H63N7O9. The summed E-state index contributed by atoms with van der Waals surface area (Å²) < 4.78 is 5.64. The third kappa shape index (κ3) is 13.0. The molecule has 3 atom stereocenters. The highest BCUT2D eigenvalue weighted by molar-refractivity contribution is 6.24. The molecule has 0 aliphatic carbocycles. The number of rotatable bonds is 27. The first-order chi connectivity index (χ1) is 31.9. The SMILES string of the molecule is CCCC(C(N)=O)N1C(=O)c2cccc(OCC(=O)NCCCCCCCCNC(=O)CCCC(=O)NCCc3cccc(N4C[C@H]5C[C@@H]4CN5/C=C/C(=O)c4ccccc4O)c3)c2C1=O. The van der Waals surface area contributed by atoms with Gasteiger partial charge in [0, 0.05) is 75.6 Å². The molecule has 6 N–H and O–H groups in total. The highest BCUT2D eigenvalue weighted by Crippen LogP contribution is 2.36. The van der Waals surface area contributed by atoms with E-state index in [9.17, 15) is 38.7 Å². The Morgan fingerprint density at radius 1 is 0.788 bits per heavy atom. The predicted molar refractivity (Wildman–Crippen MR) is 249 cm³/mol. The molecule has 3 aromatic rings. The quantitative estimate of drug-likeness (QED) is 0.0303. The van der Waals surface area contributed by atoms with Crippen LogP contribution >= 0.6 is 0 Å². The molecule has 0 spiro atoms. The van der Waals surface area contributed by atoms with Crippen LogP contribution in [0.4, 0.5) is 5.69 Å². The molecule has 2 bridgehead atoms. The Hall–Kier alpha value is -6.71. The number of ether oxygens (including phenoxy) is 1. The number of para-hydroxylation sites is 1. The van der Waals surface area contributed by atoms with E-state index in [1.165, 1.54) is 24.3 Å². The maximum Gasteiger partial charge on any atom is 0.266 e. The third-order valence-corrected chi connectivity index (χ3v) is 12.4. The molecule has 352 valence electrons. The molecule has 3 heterocycles. The smallest absolute Gasteiger partial charge is 0.266 e. The number of fused-ring (bicyclic) bond motifs is 3. The molecule has 3 aliphatic rings. The van der Waals surface area contributed by atoms with Crippen molar-refractivity contribution in [3.63, 3.8) is 0 Å². The van der Waals surface area contributed by atoms with Crippen molar-refractivity contribution in [2.75, 3.05) is 44.2 Å². The average molecular weight is 906 g/mol. The highest BCUT2D eigenvalue weighted by atomic mass is 16.5. The van der Waals surface area contributed by atoms with Crippen LogP contribution in [0.3, 0.4) is 0 Å².